The Bertz CT molecular complexity index is 661. The third-order valence-corrected chi connectivity index (χ3v) is 5.86. The summed E-state index contributed by atoms with van der Waals surface area (Å²) in [5, 5.41) is 4.82. The minimum absolute atomic E-state index is 0.194. The molecule has 0 bridgehead atoms. The van der Waals surface area contributed by atoms with Crippen LogP contribution in [0.3, 0.4) is 0 Å². The van der Waals surface area contributed by atoms with E-state index in [9.17, 15) is 0 Å². The fourth-order valence-electron chi connectivity index (χ4n) is 2.79. The number of nitrogens with one attached hydrogen (secondary N) is 1. The zero-order valence-corrected chi connectivity index (χ0v) is 15.7. The Hall–Kier alpha value is -1.27. The number of aryl methyl sites for hydroxylation is 1. The number of ether oxygens (including phenoxy) is 2. The molecule has 1 N–H and O–H groups in total. The van der Waals surface area contributed by atoms with Crippen molar-refractivity contribution < 1.29 is 9.47 Å². The summed E-state index contributed by atoms with van der Waals surface area (Å²) in [4.78, 5) is 6.03. The van der Waals surface area contributed by atoms with Gasteiger partial charge in [-0.3, -0.25) is 0 Å². The van der Waals surface area contributed by atoms with Gasteiger partial charge in [-0.25, -0.2) is 4.98 Å². The SMILES string of the molecule is Cc1nc(C(C)C)sc1C(C)NCc1ccc(C2OCCO2)cc1. The number of thiazole rings is 1. The van der Waals surface area contributed by atoms with Crippen molar-refractivity contribution >= 4 is 11.3 Å². The van der Waals surface area contributed by atoms with Crippen LogP contribution in [0.15, 0.2) is 24.3 Å². The molecule has 130 valence electrons. The molecule has 1 aliphatic rings. The maximum absolute atomic E-state index is 5.53. The van der Waals surface area contributed by atoms with Crippen LogP contribution >= 0.6 is 11.3 Å². The Balaban J connectivity index is 1.58. The average Bonchev–Trinajstić information content (AvgIpc) is 3.23. The van der Waals surface area contributed by atoms with Crippen LogP contribution in [-0.2, 0) is 16.0 Å². The summed E-state index contributed by atoms with van der Waals surface area (Å²) in [5.41, 5.74) is 3.49. The van der Waals surface area contributed by atoms with Gasteiger partial charge in [-0.2, -0.15) is 0 Å². The molecule has 0 amide bonds. The van der Waals surface area contributed by atoms with Crippen molar-refractivity contribution in [2.75, 3.05) is 13.2 Å². The second-order valence-electron chi connectivity index (χ2n) is 6.57. The minimum atomic E-state index is -0.194. The van der Waals surface area contributed by atoms with Crippen LogP contribution in [0.2, 0.25) is 0 Å². The number of aromatic nitrogens is 1. The third kappa shape index (κ3) is 4.03. The largest absolute Gasteiger partial charge is 0.346 e. The molecule has 0 radical (unpaired) electrons. The van der Waals surface area contributed by atoms with Crippen molar-refractivity contribution in [3.05, 3.63) is 51.0 Å². The molecular weight excluding hydrogens is 320 g/mol. The van der Waals surface area contributed by atoms with Gasteiger partial charge in [-0.05, 0) is 19.4 Å². The minimum Gasteiger partial charge on any atom is -0.346 e. The molecule has 1 fully saturated rings. The quantitative estimate of drug-likeness (QED) is 0.838. The fraction of sp³-hybridized carbons (Fsp3) is 0.526. The number of benzene rings is 1. The van der Waals surface area contributed by atoms with E-state index >= 15 is 0 Å². The molecule has 0 aliphatic carbocycles. The van der Waals surface area contributed by atoms with Gasteiger partial charge in [-0.15, -0.1) is 11.3 Å². The van der Waals surface area contributed by atoms with Crippen LogP contribution in [0, 0.1) is 6.92 Å². The van der Waals surface area contributed by atoms with Gasteiger partial charge in [0.2, 0.25) is 0 Å². The molecule has 24 heavy (non-hydrogen) atoms. The monoisotopic (exact) mass is 346 g/mol. The van der Waals surface area contributed by atoms with Crippen molar-refractivity contribution in [2.24, 2.45) is 0 Å². The molecule has 3 rings (SSSR count). The summed E-state index contributed by atoms with van der Waals surface area (Å²) in [6, 6.07) is 8.76. The average molecular weight is 346 g/mol. The first kappa shape index (κ1) is 17.5. The zero-order valence-electron chi connectivity index (χ0n) is 14.8. The summed E-state index contributed by atoms with van der Waals surface area (Å²) >= 11 is 1.82. The predicted octanol–water partition coefficient (Wildman–Crippen LogP) is 4.47. The number of hydrogen-bond acceptors (Lipinski definition) is 5. The topological polar surface area (TPSA) is 43.4 Å². The molecule has 1 atom stereocenters. The number of hydrogen-bond donors (Lipinski definition) is 1. The Morgan fingerprint density at radius 2 is 1.83 bits per heavy atom. The van der Waals surface area contributed by atoms with Gasteiger partial charge in [0, 0.05) is 28.9 Å². The molecule has 4 nitrogen and oxygen atoms in total. The van der Waals surface area contributed by atoms with Crippen molar-refractivity contribution in [1.29, 1.82) is 0 Å². The molecule has 5 heteroatoms. The summed E-state index contributed by atoms with van der Waals surface area (Å²) in [7, 11) is 0. The highest BCUT2D eigenvalue weighted by atomic mass is 32.1. The lowest BCUT2D eigenvalue weighted by molar-refractivity contribution is -0.0441. The fourth-order valence-corrected chi connectivity index (χ4v) is 3.88. The van der Waals surface area contributed by atoms with Gasteiger partial charge in [0.15, 0.2) is 6.29 Å². The van der Waals surface area contributed by atoms with E-state index in [1.54, 1.807) is 0 Å². The highest BCUT2D eigenvalue weighted by Gasteiger charge is 2.18. The third-order valence-electron chi connectivity index (χ3n) is 4.22. The smallest absolute Gasteiger partial charge is 0.184 e. The Labute approximate surface area is 148 Å². The van der Waals surface area contributed by atoms with Gasteiger partial charge in [0.25, 0.3) is 0 Å². The second kappa shape index (κ2) is 7.74. The summed E-state index contributed by atoms with van der Waals surface area (Å²) in [6.45, 7) is 10.9. The molecule has 1 unspecified atom stereocenters. The lowest BCUT2D eigenvalue weighted by atomic mass is 10.1. The summed E-state index contributed by atoms with van der Waals surface area (Å²) < 4.78 is 11.1. The zero-order chi connectivity index (χ0) is 17.1. The maximum Gasteiger partial charge on any atom is 0.184 e. The van der Waals surface area contributed by atoms with E-state index in [0.29, 0.717) is 25.2 Å². The van der Waals surface area contributed by atoms with Gasteiger partial charge in [0.1, 0.15) is 0 Å². The van der Waals surface area contributed by atoms with E-state index in [1.807, 2.05) is 11.3 Å². The van der Waals surface area contributed by atoms with E-state index < -0.39 is 0 Å². The van der Waals surface area contributed by atoms with Crippen molar-refractivity contribution in [1.82, 2.24) is 10.3 Å². The van der Waals surface area contributed by atoms with Crippen molar-refractivity contribution in [2.45, 2.75) is 52.5 Å². The molecule has 2 aromatic rings. The standard InChI is InChI=1S/C19H26N2O2S/c1-12(2)18-21-14(4)17(24-18)13(3)20-11-15-5-7-16(8-6-15)19-22-9-10-23-19/h5-8,12-13,19-20H,9-11H2,1-4H3. The van der Waals surface area contributed by atoms with Gasteiger partial charge in [0.05, 0.1) is 23.9 Å². The van der Waals surface area contributed by atoms with Crippen LogP contribution in [0.4, 0.5) is 0 Å². The van der Waals surface area contributed by atoms with Crippen LogP contribution in [-0.4, -0.2) is 18.2 Å². The molecule has 0 spiro atoms. The predicted molar refractivity (Wildman–Crippen MR) is 97.3 cm³/mol. The molecule has 1 aromatic carbocycles. The van der Waals surface area contributed by atoms with E-state index in [0.717, 1.165) is 17.8 Å². The summed E-state index contributed by atoms with van der Waals surface area (Å²) in [5.74, 6) is 0.488. The van der Waals surface area contributed by atoms with Crippen LogP contribution < -0.4 is 5.32 Å². The van der Waals surface area contributed by atoms with Gasteiger partial charge >= 0.3 is 0 Å². The van der Waals surface area contributed by atoms with Crippen LogP contribution in [0.25, 0.3) is 0 Å². The van der Waals surface area contributed by atoms with Gasteiger partial charge < -0.3 is 14.8 Å². The maximum atomic E-state index is 5.53. The Kier molecular flexibility index (Phi) is 5.66. The van der Waals surface area contributed by atoms with E-state index in [4.69, 9.17) is 14.5 Å². The van der Waals surface area contributed by atoms with Crippen LogP contribution in [0.1, 0.15) is 65.7 Å². The van der Waals surface area contributed by atoms with Crippen molar-refractivity contribution in [3.8, 4) is 0 Å². The Morgan fingerprint density at radius 3 is 2.42 bits per heavy atom. The molecule has 1 saturated heterocycles. The lowest BCUT2D eigenvalue weighted by Gasteiger charge is -2.14. The highest BCUT2D eigenvalue weighted by molar-refractivity contribution is 7.11. The van der Waals surface area contributed by atoms with Crippen molar-refractivity contribution in [3.63, 3.8) is 0 Å². The molecule has 2 heterocycles. The lowest BCUT2D eigenvalue weighted by Crippen LogP contribution is -2.18. The van der Waals surface area contributed by atoms with Gasteiger partial charge in [-0.1, -0.05) is 38.1 Å². The molecular formula is C19H26N2O2S. The highest BCUT2D eigenvalue weighted by Crippen LogP contribution is 2.29. The molecule has 1 aliphatic heterocycles. The molecule has 1 aromatic heterocycles. The second-order valence-corrected chi connectivity index (χ2v) is 7.64. The van der Waals surface area contributed by atoms with E-state index in [-0.39, 0.29) is 6.29 Å². The Morgan fingerprint density at radius 1 is 1.17 bits per heavy atom. The van der Waals surface area contributed by atoms with Crippen LogP contribution in [0.5, 0.6) is 0 Å². The normalized spacial score (nSPS) is 16.9. The summed E-state index contributed by atoms with van der Waals surface area (Å²) in [6.07, 6.45) is -0.194. The number of nitrogens with zero attached hydrogens (tertiary/aromatic N) is 1. The first-order valence-corrected chi connectivity index (χ1v) is 9.39. The number of rotatable bonds is 6. The first-order chi connectivity index (χ1) is 11.5. The molecule has 0 saturated carbocycles. The van der Waals surface area contributed by atoms with E-state index in [2.05, 4.69) is 57.3 Å². The van der Waals surface area contributed by atoms with E-state index in [1.165, 1.54) is 15.4 Å². The first-order valence-electron chi connectivity index (χ1n) is 8.57.